The molecule has 1 heterocycles. The number of nitro groups is 1. The van der Waals surface area contributed by atoms with E-state index in [0.717, 1.165) is 5.56 Å². The molecular weight excluding hydrogens is 424 g/mol. The van der Waals surface area contributed by atoms with Crippen LogP contribution >= 0.6 is 0 Å². The molecule has 0 fully saturated rings. The Balaban J connectivity index is 1.58. The van der Waals surface area contributed by atoms with Crippen molar-refractivity contribution < 1.29 is 14.5 Å². The van der Waals surface area contributed by atoms with E-state index in [1.807, 2.05) is 60.7 Å². The SMILES string of the molecule is Cc1c(C(=O)NNC(=O)c2nc(-c3ccccc3)n(-c3ccccc3)n2)cccc1[N+](=O)[O-]. The van der Waals surface area contributed by atoms with Gasteiger partial charge in [0, 0.05) is 17.2 Å². The van der Waals surface area contributed by atoms with Gasteiger partial charge in [0.25, 0.3) is 11.6 Å². The zero-order valence-corrected chi connectivity index (χ0v) is 17.4. The fourth-order valence-electron chi connectivity index (χ4n) is 3.24. The zero-order valence-electron chi connectivity index (χ0n) is 17.4. The van der Waals surface area contributed by atoms with Crippen LogP contribution in [0.2, 0.25) is 0 Å². The second kappa shape index (κ2) is 9.10. The van der Waals surface area contributed by atoms with Gasteiger partial charge in [0.15, 0.2) is 5.82 Å². The molecule has 4 aromatic rings. The van der Waals surface area contributed by atoms with Crippen LogP contribution in [0.5, 0.6) is 0 Å². The highest BCUT2D eigenvalue weighted by Gasteiger charge is 2.21. The summed E-state index contributed by atoms with van der Waals surface area (Å²) in [4.78, 5) is 40.1. The van der Waals surface area contributed by atoms with E-state index in [0.29, 0.717) is 11.5 Å². The molecule has 0 bridgehead atoms. The molecule has 2 N–H and O–H groups in total. The van der Waals surface area contributed by atoms with Gasteiger partial charge in [-0.25, -0.2) is 9.67 Å². The summed E-state index contributed by atoms with van der Waals surface area (Å²) in [6.45, 7) is 1.46. The van der Waals surface area contributed by atoms with Gasteiger partial charge in [-0.15, -0.1) is 5.10 Å². The number of benzene rings is 3. The minimum Gasteiger partial charge on any atom is -0.267 e. The second-order valence-electron chi connectivity index (χ2n) is 6.99. The van der Waals surface area contributed by atoms with Crippen molar-refractivity contribution in [3.63, 3.8) is 0 Å². The summed E-state index contributed by atoms with van der Waals surface area (Å²) in [6, 6.07) is 22.6. The van der Waals surface area contributed by atoms with Crippen molar-refractivity contribution in [2.24, 2.45) is 0 Å². The Labute approximate surface area is 188 Å². The van der Waals surface area contributed by atoms with Crippen LogP contribution < -0.4 is 10.9 Å². The van der Waals surface area contributed by atoms with Gasteiger partial charge in [0.2, 0.25) is 5.82 Å². The molecule has 33 heavy (non-hydrogen) atoms. The molecule has 4 rings (SSSR count). The number of hydrazine groups is 1. The first kappa shape index (κ1) is 21.4. The van der Waals surface area contributed by atoms with E-state index in [9.17, 15) is 19.7 Å². The number of nitrogens with one attached hydrogen (secondary N) is 2. The summed E-state index contributed by atoms with van der Waals surface area (Å²) < 4.78 is 1.54. The first-order valence-corrected chi connectivity index (χ1v) is 9.88. The Morgan fingerprint density at radius 3 is 2.18 bits per heavy atom. The normalized spacial score (nSPS) is 10.5. The molecule has 164 valence electrons. The van der Waals surface area contributed by atoms with Crippen molar-refractivity contribution in [1.82, 2.24) is 25.6 Å². The lowest BCUT2D eigenvalue weighted by Gasteiger charge is -2.08. The lowest BCUT2D eigenvalue weighted by Crippen LogP contribution is -2.42. The summed E-state index contributed by atoms with van der Waals surface area (Å²) in [5.74, 6) is -1.14. The number of amides is 2. The van der Waals surface area contributed by atoms with E-state index in [-0.39, 0.29) is 22.6 Å². The van der Waals surface area contributed by atoms with Gasteiger partial charge in [0.1, 0.15) is 0 Å². The van der Waals surface area contributed by atoms with Crippen molar-refractivity contribution in [1.29, 1.82) is 0 Å². The molecule has 1 aromatic heterocycles. The minimum absolute atomic E-state index is 0.0669. The highest BCUT2D eigenvalue weighted by Crippen LogP contribution is 2.22. The molecule has 10 nitrogen and oxygen atoms in total. The molecule has 0 radical (unpaired) electrons. The fourth-order valence-corrected chi connectivity index (χ4v) is 3.24. The number of aromatic nitrogens is 3. The predicted octanol–water partition coefficient (Wildman–Crippen LogP) is 3.23. The molecule has 0 saturated heterocycles. The third-order valence-corrected chi connectivity index (χ3v) is 4.88. The molecule has 2 amide bonds. The fraction of sp³-hybridized carbons (Fsp3) is 0.0435. The quantitative estimate of drug-likeness (QED) is 0.360. The van der Waals surface area contributed by atoms with E-state index in [1.54, 1.807) is 0 Å². The summed E-state index contributed by atoms with van der Waals surface area (Å²) in [6.07, 6.45) is 0. The lowest BCUT2D eigenvalue weighted by molar-refractivity contribution is -0.385. The number of hydrogen-bond acceptors (Lipinski definition) is 6. The van der Waals surface area contributed by atoms with Crippen LogP contribution in [0.1, 0.15) is 26.5 Å². The van der Waals surface area contributed by atoms with Gasteiger partial charge in [-0.05, 0) is 25.1 Å². The molecule has 0 atom stereocenters. The Morgan fingerprint density at radius 1 is 0.879 bits per heavy atom. The number of carbonyl (C=O) groups excluding carboxylic acids is 2. The Morgan fingerprint density at radius 2 is 1.52 bits per heavy atom. The van der Waals surface area contributed by atoms with Gasteiger partial charge >= 0.3 is 5.91 Å². The molecule has 0 aliphatic rings. The first-order valence-electron chi connectivity index (χ1n) is 9.88. The van der Waals surface area contributed by atoms with Crippen LogP contribution in [0.3, 0.4) is 0 Å². The van der Waals surface area contributed by atoms with Crippen molar-refractivity contribution in [2.45, 2.75) is 6.92 Å². The van der Waals surface area contributed by atoms with Crippen LogP contribution in [-0.2, 0) is 0 Å². The Hall–Kier alpha value is -4.86. The van der Waals surface area contributed by atoms with E-state index in [1.165, 1.54) is 29.8 Å². The first-order chi connectivity index (χ1) is 16.0. The average Bonchev–Trinajstić information content (AvgIpc) is 3.29. The van der Waals surface area contributed by atoms with E-state index < -0.39 is 16.7 Å². The lowest BCUT2D eigenvalue weighted by atomic mass is 10.1. The molecule has 3 aromatic carbocycles. The summed E-state index contributed by atoms with van der Waals surface area (Å²) >= 11 is 0. The standard InChI is InChI=1S/C23H18N6O4/c1-15-18(13-8-14-19(15)29(32)33)22(30)25-26-23(31)20-24-21(16-9-4-2-5-10-16)28(27-20)17-11-6-3-7-12-17/h2-14H,1H3,(H,25,30)(H,26,31). The van der Waals surface area contributed by atoms with Gasteiger partial charge < -0.3 is 0 Å². The summed E-state index contributed by atoms with van der Waals surface area (Å²) in [5.41, 5.74) is 6.06. The molecule has 0 aliphatic heterocycles. The molecular formula is C23H18N6O4. The Bertz CT molecular complexity index is 1280. The highest BCUT2D eigenvalue weighted by atomic mass is 16.6. The number of carbonyl (C=O) groups is 2. The molecule has 0 saturated carbocycles. The molecule has 10 heteroatoms. The van der Waals surface area contributed by atoms with Gasteiger partial charge in [-0.1, -0.05) is 54.6 Å². The minimum atomic E-state index is -0.738. The van der Waals surface area contributed by atoms with Gasteiger partial charge in [0.05, 0.1) is 16.2 Å². The van der Waals surface area contributed by atoms with Crippen molar-refractivity contribution in [3.8, 4) is 17.1 Å². The van der Waals surface area contributed by atoms with Crippen molar-refractivity contribution in [3.05, 3.63) is 106 Å². The Kier molecular flexibility index (Phi) is 5.90. The summed E-state index contributed by atoms with van der Waals surface area (Å²) in [7, 11) is 0. The summed E-state index contributed by atoms with van der Waals surface area (Å²) in [5, 5.41) is 15.4. The van der Waals surface area contributed by atoms with Crippen LogP contribution in [0, 0.1) is 17.0 Å². The average molecular weight is 442 g/mol. The maximum absolute atomic E-state index is 12.7. The highest BCUT2D eigenvalue weighted by molar-refractivity contribution is 5.99. The topological polar surface area (TPSA) is 132 Å². The molecule has 0 unspecified atom stereocenters. The van der Waals surface area contributed by atoms with Gasteiger partial charge in [-0.2, -0.15) is 0 Å². The third-order valence-electron chi connectivity index (χ3n) is 4.88. The maximum atomic E-state index is 12.7. The number of para-hydroxylation sites is 1. The number of rotatable bonds is 5. The van der Waals surface area contributed by atoms with Crippen LogP contribution in [0.25, 0.3) is 17.1 Å². The monoisotopic (exact) mass is 442 g/mol. The number of hydrogen-bond donors (Lipinski definition) is 2. The van der Waals surface area contributed by atoms with Crippen LogP contribution in [0.15, 0.2) is 78.9 Å². The van der Waals surface area contributed by atoms with Gasteiger partial charge in [-0.3, -0.25) is 30.6 Å². The zero-order chi connectivity index (χ0) is 23.4. The van der Waals surface area contributed by atoms with Crippen LogP contribution in [0.4, 0.5) is 5.69 Å². The largest absolute Gasteiger partial charge is 0.309 e. The van der Waals surface area contributed by atoms with E-state index in [4.69, 9.17) is 0 Å². The number of nitrogens with zero attached hydrogens (tertiary/aromatic N) is 4. The number of nitro benzene ring substituents is 1. The van der Waals surface area contributed by atoms with E-state index >= 15 is 0 Å². The predicted molar refractivity (Wildman–Crippen MR) is 120 cm³/mol. The third kappa shape index (κ3) is 4.44. The van der Waals surface area contributed by atoms with Crippen molar-refractivity contribution >= 4 is 17.5 Å². The maximum Gasteiger partial charge on any atom is 0.309 e. The smallest absolute Gasteiger partial charge is 0.267 e. The second-order valence-corrected chi connectivity index (χ2v) is 6.99. The van der Waals surface area contributed by atoms with Crippen molar-refractivity contribution in [2.75, 3.05) is 0 Å². The molecule has 0 spiro atoms. The van der Waals surface area contributed by atoms with E-state index in [2.05, 4.69) is 20.9 Å². The molecule has 0 aliphatic carbocycles. The van der Waals surface area contributed by atoms with Crippen LogP contribution in [-0.4, -0.2) is 31.5 Å².